The van der Waals surface area contributed by atoms with Crippen LogP contribution in [0.15, 0.2) is 47.3 Å². The number of aromatic nitrogens is 1. The second-order valence-corrected chi connectivity index (χ2v) is 10.5. The maximum absolute atomic E-state index is 13.1. The largest absolute Gasteiger partial charge is 0.356 e. The fourth-order valence-corrected chi connectivity index (χ4v) is 6.52. The van der Waals surface area contributed by atoms with Crippen molar-refractivity contribution in [3.63, 3.8) is 0 Å². The highest BCUT2D eigenvalue weighted by atomic mass is 32.2. The minimum atomic E-state index is -0.222. The van der Waals surface area contributed by atoms with E-state index in [9.17, 15) is 9.59 Å². The normalized spacial score (nSPS) is 23.0. The molecule has 3 aliphatic rings. The quantitative estimate of drug-likeness (QED) is 0.672. The summed E-state index contributed by atoms with van der Waals surface area (Å²) in [5.41, 5.74) is 3.49. The lowest BCUT2D eigenvalue weighted by atomic mass is 9.83. The molecule has 0 radical (unpaired) electrons. The van der Waals surface area contributed by atoms with E-state index in [0.29, 0.717) is 11.8 Å². The van der Waals surface area contributed by atoms with Crippen molar-refractivity contribution in [3.8, 4) is 0 Å². The van der Waals surface area contributed by atoms with Gasteiger partial charge in [0.1, 0.15) is 4.32 Å². The van der Waals surface area contributed by atoms with Crippen molar-refractivity contribution in [2.24, 2.45) is 5.92 Å². The van der Waals surface area contributed by atoms with Gasteiger partial charge in [-0.3, -0.25) is 9.59 Å². The molecule has 1 aromatic heterocycles. The second-order valence-electron chi connectivity index (χ2n) is 8.50. The van der Waals surface area contributed by atoms with Crippen molar-refractivity contribution in [1.29, 1.82) is 0 Å². The zero-order chi connectivity index (χ0) is 20.8. The number of rotatable bonds is 2. The van der Waals surface area contributed by atoms with Gasteiger partial charge in [-0.05, 0) is 43.4 Å². The smallest absolute Gasteiger partial charge is 0.250 e. The molecular formula is C23H25N3O2S2. The van der Waals surface area contributed by atoms with E-state index in [1.165, 1.54) is 17.3 Å². The van der Waals surface area contributed by atoms with Gasteiger partial charge in [0.05, 0.1) is 5.25 Å². The summed E-state index contributed by atoms with van der Waals surface area (Å²) in [6, 6.07) is 13.7. The number of hydrogen-bond acceptors (Lipinski definition) is 4. The number of benzene rings is 1. The summed E-state index contributed by atoms with van der Waals surface area (Å²) in [5, 5.41) is -0.222. The molecule has 2 aromatic rings. The molecule has 0 N–H and O–H groups in total. The molecule has 30 heavy (non-hydrogen) atoms. The number of likely N-dealkylation sites (tertiary alicyclic amines) is 1. The third-order valence-electron chi connectivity index (χ3n) is 6.52. The number of carbonyl (C=O) groups excluding carboxylic acids is 1. The zero-order valence-electron chi connectivity index (χ0n) is 17.0. The summed E-state index contributed by atoms with van der Waals surface area (Å²) in [6.45, 7) is 5.14. The van der Waals surface area contributed by atoms with Gasteiger partial charge in [-0.15, -0.1) is 0 Å². The molecule has 7 heteroatoms. The average molecular weight is 440 g/mol. The summed E-state index contributed by atoms with van der Waals surface area (Å²) >= 11 is 7.27. The first-order chi connectivity index (χ1) is 14.5. The summed E-state index contributed by atoms with van der Waals surface area (Å²) < 4.78 is 2.73. The second kappa shape index (κ2) is 7.85. The molecular weight excluding hydrogens is 414 g/mol. The summed E-state index contributed by atoms with van der Waals surface area (Å²) in [5.74, 6) is 0.870. The maximum Gasteiger partial charge on any atom is 0.250 e. The highest BCUT2D eigenvalue weighted by Gasteiger charge is 2.36. The SMILES string of the molecule is C[C@H](SC(=S)N1C[C@@H]2C[C@@H](C1)c1cccc(=O)n1C2)C(=O)N1CCc2ccccc21. The molecule has 1 saturated heterocycles. The Hall–Kier alpha value is -2.12. The molecule has 4 heterocycles. The van der Waals surface area contributed by atoms with Gasteiger partial charge in [0.2, 0.25) is 5.91 Å². The highest BCUT2D eigenvalue weighted by molar-refractivity contribution is 8.23. The third kappa shape index (κ3) is 3.48. The van der Waals surface area contributed by atoms with Crippen molar-refractivity contribution in [3.05, 3.63) is 64.1 Å². The van der Waals surface area contributed by atoms with Crippen molar-refractivity contribution in [2.45, 2.75) is 37.5 Å². The molecule has 1 aromatic carbocycles. The van der Waals surface area contributed by atoms with Crippen molar-refractivity contribution in [2.75, 3.05) is 24.5 Å². The van der Waals surface area contributed by atoms with E-state index in [2.05, 4.69) is 17.0 Å². The van der Waals surface area contributed by atoms with E-state index < -0.39 is 0 Å². The minimum Gasteiger partial charge on any atom is -0.356 e. The molecule has 5 rings (SSSR count). The molecule has 1 fully saturated rings. The summed E-state index contributed by atoms with van der Waals surface area (Å²) in [4.78, 5) is 29.5. The van der Waals surface area contributed by atoms with Crippen LogP contribution in [0.5, 0.6) is 0 Å². The Kier molecular flexibility index (Phi) is 5.19. The molecule has 0 unspecified atom stereocenters. The average Bonchev–Trinajstić information content (AvgIpc) is 3.18. The van der Waals surface area contributed by atoms with Gasteiger partial charge in [-0.2, -0.15) is 0 Å². The van der Waals surface area contributed by atoms with Crippen LogP contribution in [-0.2, 0) is 17.8 Å². The van der Waals surface area contributed by atoms with Crippen LogP contribution in [-0.4, -0.2) is 44.6 Å². The number of fused-ring (bicyclic) bond motifs is 5. The predicted molar refractivity (Wildman–Crippen MR) is 125 cm³/mol. The van der Waals surface area contributed by atoms with E-state index in [4.69, 9.17) is 12.2 Å². The lowest BCUT2D eigenvalue weighted by Gasteiger charge is -2.43. The lowest BCUT2D eigenvalue weighted by molar-refractivity contribution is -0.117. The van der Waals surface area contributed by atoms with E-state index in [1.807, 2.05) is 40.7 Å². The van der Waals surface area contributed by atoms with Gasteiger partial charge in [0, 0.05) is 49.5 Å². The number of nitrogens with zero attached hydrogens (tertiary/aromatic N) is 3. The molecule has 5 nitrogen and oxygen atoms in total. The number of piperidine rings is 1. The van der Waals surface area contributed by atoms with Crippen LogP contribution in [0.2, 0.25) is 0 Å². The predicted octanol–water partition coefficient (Wildman–Crippen LogP) is 3.26. The monoisotopic (exact) mass is 439 g/mol. The van der Waals surface area contributed by atoms with Gasteiger partial charge in [0.25, 0.3) is 5.56 Å². The van der Waals surface area contributed by atoms with Gasteiger partial charge < -0.3 is 14.4 Å². The van der Waals surface area contributed by atoms with Crippen LogP contribution in [0.1, 0.15) is 30.5 Å². The van der Waals surface area contributed by atoms with E-state index >= 15 is 0 Å². The zero-order valence-corrected chi connectivity index (χ0v) is 18.6. The van der Waals surface area contributed by atoms with Gasteiger partial charge in [-0.1, -0.05) is 48.2 Å². The summed E-state index contributed by atoms with van der Waals surface area (Å²) in [7, 11) is 0. The van der Waals surface area contributed by atoms with Gasteiger partial charge >= 0.3 is 0 Å². The Morgan fingerprint density at radius 2 is 1.97 bits per heavy atom. The first-order valence-corrected chi connectivity index (χ1v) is 11.8. The van der Waals surface area contributed by atoms with Gasteiger partial charge in [0.15, 0.2) is 0 Å². The standard InChI is InChI=1S/C23H25N3O2S2/c1-15(22(28)25-10-9-17-5-2-3-6-19(17)25)30-23(29)24-12-16-11-18(14-24)20-7-4-8-21(27)26(20)13-16/h2-8,15-16,18H,9-14H2,1H3/t15-,16-,18-/m0/s1. The first kappa shape index (κ1) is 19.8. The van der Waals surface area contributed by atoms with Crippen LogP contribution in [0.25, 0.3) is 0 Å². The molecule has 3 atom stereocenters. The van der Waals surface area contributed by atoms with Crippen molar-refractivity contribution in [1.82, 2.24) is 9.47 Å². The number of thiocarbonyl (C=S) groups is 1. The molecule has 0 aliphatic carbocycles. The Morgan fingerprint density at radius 1 is 1.13 bits per heavy atom. The van der Waals surface area contributed by atoms with Gasteiger partial charge in [-0.25, -0.2) is 0 Å². The molecule has 1 amide bonds. The molecule has 2 bridgehead atoms. The maximum atomic E-state index is 13.1. The van der Waals surface area contributed by atoms with Crippen LogP contribution in [0, 0.1) is 5.92 Å². The highest BCUT2D eigenvalue weighted by Crippen LogP contribution is 2.37. The minimum absolute atomic E-state index is 0.0951. The third-order valence-corrected chi connectivity index (χ3v) is 8.08. The van der Waals surface area contributed by atoms with Crippen LogP contribution >= 0.6 is 24.0 Å². The number of carbonyl (C=O) groups is 1. The van der Waals surface area contributed by atoms with E-state index in [-0.39, 0.29) is 16.7 Å². The molecule has 0 spiro atoms. The fourth-order valence-electron chi connectivity index (χ4n) is 5.11. The Labute approximate surface area is 186 Å². The number of amides is 1. The molecule has 156 valence electrons. The topological polar surface area (TPSA) is 45.6 Å². The summed E-state index contributed by atoms with van der Waals surface area (Å²) in [6.07, 6.45) is 2.02. The van der Waals surface area contributed by atoms with Crippen molar-refractivity contribution < 1.29 is 4.79 Å². The lowest BCUT2D eigenvalue weighted by Crippen LogP contribution is -2.48. The number of hydrogen-bond donors (Lipinski definition) is 0. The van der Waals surface area contributed by atoms with E-state index in [0.717, 1.165) is 54.7 Å². The van der Waals surface area contributed by atoms with Crippen LogP contribution < -0.4 is 10.5 Å². The first-order valence-electron chi connectivity index (χ1n) is 10.6. The number of para-hydroxylation sites is 1. The fraction of sp³-hybridized carbons (Fsp3) is 0.435. The number of pyridine rings is 1. The number of thioether (sulfide) groups is 1. The Balaban J connectivity index is 1.26. The van der Waals surface area contributed by atoms with Crippen LogP contribution in [0.4, 0.5) is 5.69 Å². The number of anilines is 1. The Bertz CT molecular complexity index is 1070. The molecule has 0 saturated carbocycles. The van der Waals surface area contributed by atoms with Crippen LogP contribution in [0.3, 0.4) is 0 Å². The molecule has 3 aliphatic heterocycles. The Morgan fingerprint density at radius 3 is 2.83 bits per heavy atom. The van der Waals surface area contributed by atoms with E-state index in [1.54, 1.807) is 6.07 Å². The van der Waals surface area contributed by atoms with Crippen molar-refractivity contribution >= 4 is 39.9 Å².